The molecule has 0 aromatic heterocycles. The minimum Gasteiger partial charge on any atom is -0.502 e. The Bertz CT molecular complexity index is 1250. The van der Waals surface area contributed by atoms with E-state index in [-0.39, 0.29) is 11.1 Å². The summed E-state index contributed by atoms with van der Waals surface area (Å²) in [6.07, 6.45) is 1.08. The molecule has 0 radical (unpaired) electrons. The molecule has 0 unspecified atom stereocenters. The molecule has 0 aliphatic rings. The van der Waals surface area contributed by atoms with E-state index in [0.717, 1.165) is 12.3 Å². The molecule has 9 nitrogen and oxygen atoms in total. The predicted octanol–water partition coefficient (Wildman–Crippen LogP) is 4.73. The minimum absolute atomic E-state index is 0.0360. The minimum atomic E-state index is -0.737. The summed E-state index contributed by atoms with van der Waals surface area (Å²) in [6, 6.07) is 15.1. The lowest BCUT2D eigenvalue weighted by Crippen LogP contribution is -2.18. The van der Waals surface area contributed by atoms with Gasteiger partial charge in [0, 0.05) is 37.9 Å². The molecule has 162 valence electrons. The highest BCUT2D eigenvalue weighted by Gasteiger charge is 2.17. The van der Waals surface area contributed by atoms with Crippen LogP contribution in [-0.2, 0) is 0 Å². The number of amides is 2. The first-order valence-electron chi connectivity index (χ1n) is 8.92. The number of anilines is 1. The Morgan fingerprint density at radius 2 is 1.75 bits per heavy atom. The maximum absolute atomic E-state index is 12.4. The van der Waals surface area contributed by atoms with Crippen molar-refractivity contribution in [1.82, 2.24) is 5.43 Å². The van der Waals surface area contributed by atoms with E-state index in [4.69, 9.17) is 11.6 Å². The third-order valence-electron chi connectivity index (χ3n) is 4.12. The molecule has 3 aromatic carbocycles. The van der Waals surface area contributed by atoms with Crippen molar-refractivity contribution in [1.29, 1.82) is 0 Å². The van der Waals surface area contributed by atoms with E-state index in [9.17, 15) is 24.8 Å². The monoisotopic (exact) mass is 516 g/mol. The summed E-state index contributed by atoms with van der Waals surface area (Å²) in [5.74, 6) is -1.57. The maximum atomic E-state index is 12.4. The van der Waals surface area contributed by atoms with E-state index in [1.165, 1.54) is 24.3 Å². The first-order valence-corrected chi connectivity index (χ1v) is 10.1. The number of nitrogens with one attached hydrogen (secondary N) is 2. The van der Waals surface area contributed by atoms with Crippen LogP contribution in [0.15, 0.2) is 70.2 Å². The summed E-state index contributed by atoms with van der Waals surface area (Å²) in [5.41, 5.74) is 2.74. The highest BCUT2D eigenvalue weighted by atomic mass is 79.9. The van der Waals surface area contributed by atoms with Crippen LogP contribution in [-0.4, -0.2) is 28.1 Å². The van der Waals surface area contributed by atoms with Crippen LogP contribution in [0, 0.1) is 10.1 Å². The fraction of sp³-hybridized carbons (Fsp3) is 0. The van der Waals surface area contributed by atoms with Gasteiger partial charge >= 0.3 is 5.69 Å². The Balaban J connectivity index is 1.70. The Hall–Kier alpha value is -3.76. The number of nitrogens with zero attached hydrogens (tertiary/aromatic N) is 2. The van der Waals surface area contributed by atoms with Crippen LogP contribution >= 0.6 is 27.5 Å². The van der Waals surface area contributed by atoms with Gasteiger partial charge in [0.05, 0.1) is 11.1 Å². The van der Waals surface area contributed by atoms with E-state index in [2.05, 4.69) is 31.8 Å². The van der Waals surface area contributed by atoms with Gasteiger partial charge in [0.15, 0.2) is 0 Å². The van der Waals surface area contributed by atoms with Gasteiger partial charge in [-0.2, -0.15) is 5.10 Å². The second kappa shape index (κ2) is 10.0. The number of rotatable bonds is 6. The molecule has 0 aliphatic carbocycles. The number of hydrazone groups is 1. The molecule has 0 bridgehead atoms. The lowest BCUT2D eigenvalue weighted by atomic mass is 10.1. The smallest absolute Gasteiger partial charge is 0.312 e. The zero-order chi connectivity index (χ0) is 23.3. The first-order chi connectivity index (χ1) is 15.2. The van der Waals surface area contributed by atoms with Crippen LogP contribution in [0.5, 0.6) is 5.75 Å². The summed E-state index contributed by atoms with van der Waals surface area (Å²) in [4.78, 5) is 35.0. The SMILES string of the molecule is O=C(N/N=C\c1cc(Br)cc([N+](=O)[O-])c1O)c1cccc(NC(=O)c2cccc(Cl)c2)c1. The highest BCUT2D eigenvalue weighted by Crippen LogP contribution is 2.32. The Morgan fingerprint density at radius 1 is 1.06 bits per heavy atom. The molecule has 2 amide bonds. The molecule has 3 aromatic rings. The van der Waals surface area contributed by atoms with Gasteiger partial charge in [0.2, 0.25) is 5.75 Å². The third kappa shape index (κ3) is 5.68. The molecule has 3 N–H and O–H groups in total. The Kier molecular flexibility index (Phi) is 7.18. The molecule has 0 fully saturated rings. The first kappa shape index (κ1) is 22.9. The number of hydrogen-bond acceptors (Lipinski definition) is 6. The van der Waals surface area contributed by atoms with E-state index in [1.807, 2.05) is 0 Å². The Morgan fingerprint density at radius 3 is 2.44 bits per heavy atom. The number of carbonyl (C=O) groups excluding carboxylic acids is 2. The molecule has 0 aliphatic heterocycles. The van der Waals surface area contributed by atoms with Gasteiger partial charge < -0.3 is 10.4 Å². The fourth-order valence-corrected chi connectivity index (χ4v) is 3.29. The average Bonchev–Trinajstić information content (AvgIpc) is 2.75. The van der Waals surface area contributed by atoms with Crippen molar-refractivity contribution in [2.45, 2.75) is 0 Å². The molecule has 0 saturated carbocycles. The topological polar surface area (TPSA) is 134 Å². The number of aromatic hydroxyl groups is 1. The maximum Gasteiger partial charge on any atom is 0.312 e. The summed E-state index contributed by atoms with van der Waals surface area (Å²) in [7, 11) is 0. The van der Waals surface area contributed by atoms with Crippen LogP contribution < -0.4 is 10.7 Å². The van der Waals surface area contributed by atoms with Crippen LogP contribution in [0.25, 0.3) is 0 Å². The molecule has 0 atom stereocenters. The van der Waals surface area contributed by atoms with Crippen LogP contribution in [0.2, 0.25) is 5.02 Å². The van der Waals surface area contributed by atoms with Gasteiger partial charge in [-0.25, -0.2) is 5.43 Å². The Labute approximate surface area is 195 Å². The number of phenolic OH excluding ortho intramolecular Hbond substituents is 1. The summed E-state index contributed by atoms with van der Waals surface area (Å²) < 4.78 is 0.359. The van der Waals surface area contributed by atoms with Crippen molar-refractivity contribution >= 4 is 56.9 Å². The van der Waals surface area contributed by atoms with Gasteiger partial charge in [-0.1, -0.05) is 39.7 Å². The van der Waals surface area contributed by atoms with Gasteiger partial charge in [-0.3, -0.25) is 19.7 Å². The van der Waals surface area contributed by atoms with E-state index in [0.29, 0.717) is 20.7 Å². The second-order valence-electron chi connectivity index (χ2n) is 6.36. The lowest BCUT2D eigenvalue weighted by molar-refractivity contribution is -0.385. The number of carbonyl (C=O) groups is 2. The van der Waals surface area contributed by atoms with Gasteiger partial charge in [-0.15, -0.1) is 0 Å². The van der Waals surface area contributed by atoms with Crippen molar-refractivity contribution < 1.29 is 19.6 Å². The quantitative estimate of drug-likeness (QED) is 0.247. The van der Waals surface area contributed by atoms with Crippen molar-refractivity contribution in [3.8, 4) is 5.75 Å². The van der Waals surface area contributed by atoms with Crippen LogP contribution in [0.1, 0.15) is 26.3 Å². The number of benzene rings is 3. The molecule has 0 spiro atoms. The number of halogens is 2. The van der Waals surface area contributed by atoms with Gasteiger partial charge in [-0.05, 0) is 42.5 Å². The second-order valence-corrected chi connectivity index (χ2v) is 7.72. The van der Waals surface area contributed by atoms with Crippen molar-refractivity contribution in [2.75, 3.05) is 5.32 Å². The zero-order valence-corrected chi connectivity index (χ0v) is 18.4. The summed E-state index contributed by atoms with van der Waals surface area (Å²) in [6.45, 7) is 0. The van der Waals surface area contributed by atoms with E-state index >= 15 is 0 Å². The summed E-state index contributed by atoms with van der Waals surface area (Å²) in [5, 5.41) is 27.8. The predicted molar refractivity (Wildman–Crippen MR) is 123 cm³/mol. The van der Waals surface area contributed by atoms with E-state index < -0.39 is 28.2 Å². The summed E-state index contributed by atoms with van der Waals surface area (Å²) >= 11 is 9.01. The molecule has 0 saturated heterocycles. The largest absolute Gasteiger partial charge is 0.502 e. The molecule has 32 heavy (non-hydrogen) atoms. The zero-order valence-electron chi connectivity index (χ0n) is 16.1. The number of hydrogen-bond donors (Lipinski definition) is 3. The third-order valence-corrected chi connectivity index (χ3v) is 4.81. The van der Waals surface area contributed by atoms with Crippen LogP contribution in [0.4, 0.5) is 11.4 Å². The lowest BCUT2D eigenvalue weighted by Gasteiger charge is -2.07. The van der Waals surface area contributed by atoms with Gasteiger partial charge in [0.1, 0.15) is 0 Å². The number of nitro groups is 1. The van der Waals surface area contributed by atoms with Crippen molar-refractivity contribution in [3.05, 3.63) is 97.0 Å². The molecule has 11 heteroatoms. The molecule has 3 rings (SSSR count). The highest BCUT2D eigenvalue weighted by molar-refractivity contribution is 9.10. The van der Waals surface area contributed by atoms with Crippen molar-refractivity contribution in [2.24, 2.45) is 5.10 Å². The average molecular weight is 518 g/mol. The normalized spacial score (nSPS) is 10.7. The van der Waals surface area contributed by atoms with Crippen LogP contribution in [0.3, 0.4) is 0 Å². The van der Waals surface area contributed by atoms with Gasteiger partial charge in [0.25, 0.3) is 11.8 Å². The molecular weight excluding hydrogens is 504 g/mol. The standard InChI is InChI=1S/C21H14BrClN4O5/c22-15-7-14(19(28)18(10-15)27(31)32)11-24-26-21(30)13-4-2-6-17(9-13)25-20(29)12-3-1-5-16(23)8-12/h1-11,28H,(H,25,29)(H,26,30)/b24-11-. The molecular formula is C21H14BrClN4O5. The number of nitro benzene ring substituents is 1. The molecule has 0 heterocycles. The fourth-order valence-electron chi connectivity index (χ4n) is 2.64. The van der Waals surface area contributed by atoms with Crippen molar-refractivity contribution in [3.63, 3.8) is 0 Å². The number of phenols is 1. The van der Waals surface area contributed by atoms with E-state index in [1.54, 1.807) is 30.3 Å².